The van der Waals surface area contributed by atoms with Crippen molar-refractivity contribution in [2.45, 2.75) is 83.7 Å². The molecule has 3 saturated carbocycles. The Morgan fingerprint density at radius 1 is 0.917 bits per heavy atom. The van der Waals surface area contributed by atoms with Gasteiger partial charge in [0.15, 0.2) is 0 Å². The molecule has 1 unspecified atom stereocenters. The Balaban J connectivity index is 1.83. The van der Waals surface area contributed by atoms with Gasteiger partial charge in [-0.25, -0.2) is 0 Å². The molecule has 24 heavy (non-hydrogen) atoms. The summed E-state index contributed by atoms with van der Waals surface area (Å²) in [7, 11) is 0. The van der Waals surface area contributed by atoms with Crippen LogP contribution in [0.5, 0.6) is 0 Å². The normalized spacial score (nSPS) is 60.0. The van der Waals surface area contributed by atoms with E-state index in [1.165, 1.54) is 0 Å². The first kappa shape index (κ1) is 17.0. The van der Waals surface area contributed by atoms with E-state index < -0.39 is 18.3 Å². The van der Waals surface area contributed by atoms with Crippen LogP contribution in [0, 0.1) is 28.1 Å². The van der Waals surface area contributed by atoms with E-state index in [2.05, 4.69) is 20.8 Å². The molecule has 0 bridgehead atoms. The molecule has 3 fully saturated rings. The molecular weight excluding hydrogens is 304 g/mol. The molecule has 0 aliphatic heterocycles. The maximum absolute atomic E-state index is 11.1. The van der Waals surface area contributed by atoms with Gasteiger partial charge in [-0.1, -0.05) is 32.4 Å². The second-order valence-electron chi connectivity index (χ2n) is 9.71. The molecule has 4 nitrogen and oxygen atoms in total. The molecule has 0 aromatic heterocycles. The number of rotatable bonds is 0. The topological polar surface area (TPSA) is 80.9 Å². The third-order valence-electron chi connectivity index (χ3n) is 8.81. The smallest absolute Gasteiger partial charge is 0.0761 e. The van der Waals surface area contributed by atoms with Crippen LogP contribution in [0.3, 0.4) is 0 Å². The van der Waals surface area contributed by atoms with Gasteiger partial charge in [0.2, 0.25) is 0 Å². The lowest BCUT2D eigenvalue weighted by atomic mass is 9.42. The standard InChI is InChI=1S/C20H32O4/c1-18-6-4-12(21)8-11(18)9-13(22)17-16(18)14(23)10-20(3)15(24)5-7-19(17,20)2/h9,12-17,21-24H,4-8,10H2,1-3H3/t12-,13-,14+,15-,16-,17?,18-,19-,20+/m0/s1. The second kappa shape index (κ2) is 5.06. The summed E-state index contributed by atoms with van der Waals surface area (Å²) in [6, 6.07) is 0. The van der Waals surface area contributed by atoms with Gasteiger partial charge in [0.25, 0.3) is 0 Å². The summed E-state index contributed by atoms with van der Waals surface area (Å²) in [6.07, 6.45) is 4.60. The quantitative estimate of drug-likeness (QED) is 0.510. The zero-order chi connectivity index (χ0) is 17.5. The van der Waals surface area contributed by atoms with Crippen LogP contribution in [0.2, 0.25) is 0 Å². The van der Waals surface area contributed by atoms with Crippen LogP contribution in [-0.4, -0.2) is 44.8 Å². The van der Waals surface area contributed by atoms with E-state index in [1.54, 1.807) is 0 Å². The molecule has 4 rings (SSSR count). The van der Waals surface area contributed by atoms with Crippen LogP contribution in [0.15, 0.2) is 11.6 Å². The van der Waals surface area contributed by atoms with Crippen molar-refractivity contribution in [3.8, 4) is 0 Å². The summed E-state index contributed by atoms with van der Waals surface area (Å²) in [5, 5.41) is 42.9. The molecule has 0 aromatic rings. The molecule has 9 atom stereocenters. The highest BCUT2D eigenvalue weighted by molar-refractivity contribution is 5.30. The zero-order valence-electron chi connectivity index (χ0n) is 15.1. The van der Waals surface area contributed by atoms with E-state index in [4.69, 9.17) is 0 Å². The van der Waals surface area contributed by atoms with Gasteiger partial charge in [-0.3, -0.25) is 0 Å². The molecule has 4 N–H and O–H groups in total. The third-order valence-corrected chi connectivity index (χ3v) is 8.81. The third kappa shape index (κ3) is 1.89. The fourth-order valence-electron chi connectivity index (χ4n) is 7.11. The molecule has 0 aromatic carbocycles. The fraction of sp³-hybridized carbons (Fsp3) is 0.900. The number of aliphatic hydroxyl groups excluding tert-OH is 4. The molecule has 0 amide bonds. The minimum atomic E-state index is -0.604. The summed E-state index contributed by atoms with van der Waals surface area (Å²) in [5.41, 5.74) is 0.460. The SMILES string of the molecule is C[C@]12CC[C@H](O)CC1=C[C@H](O)C1[C@@H]2[C@H](O)C[C@]2(C)[C@@H](O)CC[C@@]12C. The predicted octanol–water partition coefficient (Wildman–Crippen LogP) is 2.00. The van der Waals surface area contributed by atoms with Crippen molar-refractivity contribution in [2.75, 3.05) is 0 Å². The largest absolute Gasteiger partial charge is 0.393 e. The second-order valence-corrected chi connectivity index (χ2v) is 9.71. The van der Waals surface area contributed by atoms with E-state index in [0.29, 0.717) is 12.8 Å². The van der Waals surface area contributed by atoms with E-state index in [1.807, 2.05) is 6.08 Å². The molecule has 136 valence electrons. The molecule has 0 radical (unpaired) electrons. The molecular formula is C20H32O4. The highest BCUT2D eigenvalue weighted by Gasteiger charge is 2.68. The van der Waals surface area contributed by atoms with Gasteiger partial charge in [0, 0.05) is 17.3 Å². The first-order valence-electron chi connectivity index (χ1n) is 9.57. The van der Waals surface area contributed by atoms with Gasteiger partial charge < -0.3 is 20.4 Å². The summed E-state index contributed by atoms with van der Waals surface area (Å²) in [5.74, 6) is -0.0317. The first-order chi connectivity index (χ1) is 11.1. The minimum absolute atomic E-state index is 0.00312. The van der Waals surface area contributed by atoms with Gasteiger partial charge in [0.1, 0.15) is 0 Å². The lowest BCUT2D eigenvalue weighted by Gasteiger charge is -2.64. The number of hydrogen-bond acceptors (Lipinski definition) is 4. The van der Waals surface area contributed by atoms with Crippen molar-refractivity contribution in [3.05, 3.63) is 11.6 Å². The maximum Gasteiger partial charge on any atom is 0.0761 e. The lowest BCUT2D eigenvalue weighted by molar-refractivity contribution is -0.199. The summed E-state index contributed by atoms with van der Waals surface area (Å²) < 4.78 is 0. The van der Waals surface area contributed by atoms with E-state index >= 15 is 0 Å². The van der Waals surface area contributed by atoms with Gasteiger partial charge >= 0.3 is 0 Å². The monoisotopic (exact) mass is 336 g/mol. The van der Waals surface area contributed by atoms with Crippen LogP contribution >= 0.6 is 0 Å². The highest BCUT2D eigenvalue weighted by atomic mass is 16.3. The van der Waals surface area contributed by atoms with E-state index in [9.17, 15) is 20.4 Å². The Labute approximate surface area is 144 Å². The fourth-order valence-corrected chi connectivity index (χ4v) is 7.11. The molecule has 0 spiro atoms. The van der Waals surface area contributed by atoms with E-state index in [-0.39, 0.29) is 34.2 Å². The summed E-state index contributed by atoms with van der Waals surface area (Å²) >= 11 is 0. The van der Waals surface area contributed by atoms with Crippen molar-refractivity contribution < 1.29 is 20.4 Å². The Morgan fingerprint density at radius 2 is 1.62 bits per heavy atom. The zero-order valence-corrected chi connectivity index (χ0v) is 15.1. The predicted molar refractivity (Wildman–Crippen MR) is 91.1 cm³/mol. The molecule has 0 saturated heterocycles. The number of fused-ring (bicyclic) bond motifs is 5. The van der Waals surface area contributed by atoms with Crippen molar-refractivity contribution in [3.63, 3.8) is 0 Å². The van der Waals surface area contributed by atoms with Crippen LogP contribution < -0.4 is 0 Å². The minimum Gasteiger partial charge on any atom is -0.393 e. The number of aliphatic hydroxyl groups is 4. The van der Waals surface area contributed by atoms with Crippen LogP contribution in [0.1, 0.15) is 59.3 Å². The molecule has 4 heteroatoms. The molecule has 0 heterocycles. The van der Waals surface area contributed by atoms with Crippen molar-refractivity contribution >= 4 is 0 Å². The Kier molecular flexibility index (Phi) is 3.59. The highest BCUT2D eigenvalue weighted by Crippen LogP contribution is 2.70. The molecule has 4 aliphatic rings. The Bertz CT molecular complexity index is 574. The van der Waals surface area contributed by atoms with Crippen molar-refractivity contribution in [1.29, 1.82) is 0 Å². The first-order valence-corrected chi connectivity index (χ1v) is 9.57. The number of hydrogen-bond donors (Lipinski definition) is 4. The van der Waals surface area contributed by atoms with Crippen molar-refractivity contribution in [1.82, 2.24) is 0 Å². The van der Waals surface area contributed by atoms with Gasteiger partial charge in [0.05, 0.1) is 24.4 Å². The maximum atomic E-state index is 11.1. The van der Waals surface area contributed by atoms with Gasteiger partial charge in [-0.15, -0.1) is 0 Å². The average molecular weight is 336 g/mol. The Morgan fingerprint density at radius 3 is 2.33 bits per heavy atom. The lowest BCUT2D eigenvalue weighted by Crippen LogP contribution is -2.64. The molecule has 4 aliphatic carbocycles. The van der Waals surface area contributed by atoms with Crippen molar-refractivity contribution in [2.24, 2.45) is 28.1 Å². The Hall–Kier alpha value is -0.420. The van der Waals surface area contributed by atoms with Gasteiger partial charge in [-0.05, 0) is 49.4 Å². The van der Waals surface area contributed by atoms with E-state index in [0.717, 1.165) is 31.3 Å². The van der Waals surface area contributed by atoms with Gasteiger partial charge in [-0.2, -0.15) is 0 Å². The van der Waals surface area contributed by atoms with Crippen LogP contribution in [0.25, 0.3) is 0 Å². The van der Waals surface area contributed by atoms with Crippen LogP contribution in [0.4, 0.5) is 0 Å². The average Bonchev–Trinajstić information content (AvgIpc) is 2.73. The van der Waals surface area contributed by atoms with Crippen LogP contribution in [-0.2, 0) is 0 Å². The summed E-state index contributed by atoms with van der Waals surface area (Å²) in [6.45, 7) is 6.54. The summed E-state index contributed by atoms with van der Waals surface area (Å²) in [4.78, 5) is 0.